The number of carbonyl (C=O) groups excluding carboxylic acids is 1. The first-order chi connectivity index (χ1) is 9.94. The Labute approximate surface area is 129 Å². The lowest BCUT2D eigenvalue weighted by molar-refractivity contribution is 0.0791. The summed E-state index contributed by atoms with van der Waals surface area (Å²) in [5.41, 5.74) is 2.56. The van der Waals surface area contributed by atoms with E-state index in [1.165, 1.54) is 17.5 Å². The van der Waals surface area contributed by atoms with Crippen molar-refractivity contribution in [2.24, 2.45) is 11.1 Å². The summed E-state index contributed by atoms with van der Waals surface area (Å²) < 4.78 is 22.3. The fourth-order valence-electron chi connectivity index (χ4n) is 3.32. The van der Waals surface area contributed by atoms with Crippen molar-refractivity contribution in [1.29, 1.82) is 0 Å². The van der Waals surface area contributed by atoms with Crippen molar-refractivity contribution in [1.82, 2.24) is 4.90 Å². The predicted molar refractivity (Wildman–Crippen MR) is 82.9 cm³/mol. The van der Waals surface area contributed by atoms with Crippen LogP contribution in [-0.2, 0) is 22.9 Å². The average Bonchev–Trinajstić information content (AvgIpc) is 3.02. The van der Waals surface area contributed by atoms with Gasteiger partial charge < -0.3 is 4.90 Å². The van der Waals surface area contributed by atoms with Gasteiger partial charge in [0.1, 0.15) is 0 Å². The second-order valence-electron chi connectivity index (χ2n) is 6.01. The Balaban J connectivity index is 1.71. The van der Waals surface area contributed by atoms with Gasteiger partial charge in [-0.05, 0) is 54.5 Å². The molecule has 1 aromatic heterocycles. The SMILES string of the molecule is NS(=O)(=O)C[C@H]1CCN(C(=O)c2scc3c2CCCC3)C1. The van der Waals surface area contributed by atoms with E-state index in [0.29, 0.717) is 13.1 Å². The molecule has 0 radical (unpaired) electrons. The van der Waals surface area contributed by atoms with E-state index in [0.717, 1.165) is 30.6 Å². The van der Waals surface area contributed by atoms with Crippen LogP contribution in [-0.4, -0.2) is 38.1 Å². The number of carbonyl (C=O) groups is 1. The van der Waals surface area contributed by atoms with Crippen LogP contribution in [0.3, 0.4) is 0 Å². The molecule has 0 bridgehead atoms. The molecule has 0 saturated carbocycles. The summed E-state index contributed by atoms with van der Waals surface area (Å²) in [6.07, 6.45) is 5.15. The first-order valence-electron chi connectivity index (χ1n) is 7.33. The molecule has 1 aromatic rings. The number of thiophene rings is 1. The number of fused-ring (bicyclic) bond motifs is 1. The third kappa shape index (κ3) is 3.30. The Morgan fingerprint density at radius 2 is 2.14 bits per heavy atom. The molecule has 2 aliphatic rings. The van der Waals surface area contributed by atoms with Crippen molar-refractivity contribution >= 4 is 27.3 Å². The molecule has 0 aromatic carbocycles. The summed E-state index contributed by atoms with van der Waals surface area (Å²) in [5.74, 6) is 0.0130. The molecule has 1 atom stereocenters. The number of nitrogens with two attached hydrogens (primary N) is 1. The zero-order chi connectivity index (χ0) is 15.0. The normalized spacial score (nSPS) is 22.3. The highest BCUT2D eigenvalue weighted by Gasteiger charge is 2.31. The highest BCUT2D eigenvalue weighted by Crippen LogP contribution is 2.32. The van der Waals surface area contributed by atoms with Crippen LogP contribution in [0.5, 0.6) is 0 Å². The summed E-state index contributed by atoms with van der Waals surface area (Å²) >= 11 is 1.54. The molecule has 1 aliphatic carbocycles. The lowest BCUT2D eigenvalue weighted by Gasteiger charge is -2.18. The Bertz CT molecular complexity index is 651. The number of primary sulfonamides is 1. The van der Waals surface area contributed by atoms with Crippen molar-refractivity contribution in [2.45, 2.75) is 32.1 Å². The Kier molecular flexibility index (Phi) is 4.07. The molecule has 21 heavy (non-hydrogen) atoms. The molecule has 1 saturated heterocycles. The van der Waals surface area contributed by atoms with E-state index in [2.05, 4.69) is 5.38 Å². The second-order valence-corrected chi connectivity index (χ2v) is 8.55. The summed E-state index contributed by atoms with van der Waals surface area (Å²) in [4.78, 5) is 15.3. The summed E-state index contributed by atoms with van der Waals surface area (Å²) in [6, 6.07) is 0. The van der Waals surface area contributed by atoms with E-state index in [9.17, 15) is 13.2 Å². The molecule has 1 amide bonds. The lowest BCUT2D eigenvalue weighted by Crippen LogP contribution is -2.31. The molecule has 116 valence electrons. The minimum atomic E-state index is -3.46. The first-order valence-corrected chi connectivity index (χ1v) is 9.92. The molecule has 0 unspecified atom stereocenters. The van der Waals surface area contributed by atoms with E-state index in [4.69, 9.17) is 5.14 Å². The maximum absolute atomic E-state index is 12.6. The number of hydrogen-bond acceptors (Lipinski definition) is 4. The standard InChI is InChI=1S/C14H20N2O3S2/c15-21(18,19)9-10-5-6-16(7-10)14(17)13-12-4-2-1-3-11(12)8-20-13/h8,10H,1-7,9H2,(H2,15,18,19)/t10-/m0/s1. The number of sulfonamides is 1. The van der Waals surface area contributed by atoms with Crippen LogP contribution >= 0.6 is 11.3 Å². The third-order valence-electron chi connectivity index (χ3n) is 4.34. The van der Waals surface area contributed by atoms with Crippen LogP contribution < -0.4 is 5.14 Å². The molecular weight excluding hydrogens is 308 g/mol. The number of likely N-dealkylation sites (tertiary alicyclic amines) is 1. The molecule has 0 spiro atoms. The highest BCUT2D eigenvalue weighted by atomic mass is 32.2. The smallest absolute Gasteiger partial charge is 0.264 e. The van der Waals surface area contributed by atoms with Gasteiger partial charge >= 0.3 is 0 Å². The van der Waals surface area contributed by atoms with Crippen molar-refractivity contribution in [2.75, 3.05) is 18.8 Å². The van der Waals surface area contributed by atoms with Gasteiger partial charge in [-0.3, -0.25) is 4.79 Å². The van der Waals surface area contributed by atoms with Crippen molar-refractivity contribution in [3.8, 4) is 0 Å². The van der Waals surface area contributed by atoms with Gasteiger partial charge in [0.15, 0.2) is 0 Å². The summed E-state index contributed by atoms with van der Waals surface area (Å²) in [5, 5.41) is 7.20. The largest absolute Gasteiger partial charge is 0.338 e. The Morgan fingerprint density at radius 3 is 2.90 bits per heavy atom. The van der Waals surface area contributed by atoms with Crippen LogP contribution in [0, 0.1) is 5.92 Å². The number of nitrogens with zero attached hydrogens (tertiary/aromatic N) is 1. The van der Waals surface area contributed by atoms with Crippen molar-refractivity contribution in [3.63, 3.8) is 0 Å². The monoisotopic (exact) mass is 328 g/mol. The molecule has 3 rings (SSSR count). The van der Waals surface area contributed by atoms with Gasteiger partial charge in [-0.25, -0.2) is 13.6 Å². The highest BCUT2D eigenvalue weighted by molar-refractivity contribution is 7.89. The van der Waals surface area contributed by atoms with Crippen LogP contribution in [0.15, 0.2) is 5.38 Å². The minimum absolute atomic E-state index is 0.0280. The summed E-state index contributed by atoms with van der Waals surface area (Å²) in [7, 11) is -3.46. The topological polar surface area (TPSA) is 80.5 Å². The Morgan fingerprint density at radius 1 is 1.38 bits per heavy atom. The first kappa shape index (κ1) is 15.0. The van der Waals surface area contributed by atoms with Gasteiger partial charge in [0.05, 0.1) is 10.6 Å². The van der Waals surface area contributed by atoms with E-state index < -0.39 is 10.0 Å². The molecular formula is C14H20N2O3S2. The van der Waals surface area contributed by atoms with Gasteiger partial charge in [-0.15, -0.1) is 11.3 Å². The molecule has 2 heterocycles. The molecule has 1 fully saturated rings. The minimum Gasteiger partial charge on any atom is -0.338 e. The third-order valence-corrected chi connectivity index (χ3v) is 6.33. The predicted octanol–water partition coefficient (Wildman–Crippen LogP) is 1.38. The van der Waals surface area contributed by atoms with E-state index >= 15 is 0 Å². The van der Waals surface area contributed by atoms with Gasteiger partial charge in [-0.1, -0.05) is 0 Å². The van der Waals surface area contributed by atoms with E-state index in [1.54, 1.807) is 16.2 Å². The van der Waals surface area contributed by atoms with E-state index in [-0.39, 0.29) is 17.6 Å². The van der Waals surface area contributed by atoms with Gasteiger partial charge in [-0.2, -0.15) is 0 Å². The fraction of sp³-hybridized carbons (Fsp3) is 0.643. The van der Waals surface area contributed by atoms with Crippen molar-refractivity contribution in [3.05, 3.63) is 21.4 Å². The number of rotatable bonds is 3. The number of amides is 1. The second kappa shape index (κ2) is 5.70. The zero-order valence-corrected chi connectivity index (χ0v) is 13.5. The molecule has 7 heteroatoms. The maximum atomic E-state index is 12.6. The maximum Gasteiger partial charge on any atom is 0.264 e. The molecule has 2 N–H and O–H groups in total. The number of hydrogen-bond donors (Lipinski definition) is 1. The van der Waals surface area contributed by atoms with Crippen LogP contribution in [0.25, 0.3) is 0 Å². The molecule has 1 aliphatic heterocycles. The summed E-state index contributed by atoms with van der Waals surface area (Å²) in [6.45, 7) is 1.13. The van der Waals surface area contributed by atoms with Crippen LogP contribution in [0.2, 0.25) is 0 Å². The van der Waals surface area contributed by atoms with Gasteiger partial charge in [0.25, 0.3) is 5.91 Å². The Hall–Kier alpha value is -0.920. The molecule has 5 nitrogen and oxygen atoms in total. The fourth-order valence-corrected chi connectivity index (χ4v) is 5.38. The van der Waals surface area contributed by atoms with Crippen LogP contribution in [0.1, 0.15) is 40.1 Å². The van der Waals surface area contributed by atoms with Crippen molar-refractivity contribution < 1.29 is 13.2 Å². The average molecular weight is 328 g/mol. The zero-order valence-electron chi connectivity index (χ0n) is 11.9. The van der Waals surface area contributed by atoms with E-state index in [1.807, 2.05) is 0 Å². The number of aryl methyl sites for hydroxylation is 1. The quantitative estimate of drug-likeness (QED) is 0.910. The van der Waals surface area contributed by atoms with Crippen LogP contribution in [0.4, 0.5) is 0 Å². The van der Waals surface area contributed by atoms with Gasteiger partial charge in [0.2, 0.25) is 10.0 Å². The van der Waals surface area contributed by atoms with Gasteiger partial charge in [0, 0.05) is 13.1 Å². The lowest BCUT2D eigenvalue weighted by atomic mass is 9.94.